The van der Waals surface area contributed by atoms with Crippen LogP contribution in [0.5, 0.6) is 0 Å². The highest BCUT2D eigenvalue weighted by Gasteiger charge is 2.16. The fraction of sp³-hybridized carbons (Fsp3) is 0.429. The molecule has 0 atom stereocenters. The quantitative estimate of drug-likeness (QED) is 0.594. The standard InChI is InChI=1S/C14H20ClNO/c1-4-9-17-11-14(2,3)16-10-12-5-7-13(15)8-6-12/h4-8,16H,1,9-11H2,2-3H3. The zero-order chi connectivity index (χ0) is 12.7. The molecular weight excluding hydrogens is 234 g/mol. The van der Waals surface area contributed by atoms with Gasteiger partial charge < -0.3 is 10.1 Å². The van der Waals surface area contributed by atoms with Crippen LogP contribution in [0.3, 0.4) is 0 Å². The maximum atomic E-state index is 5.84. The first-order valence-corrected chi connectivity index (χ1v) is 6.09. The number of rotatable bonds is 7. The molecule has 0 radical (unpaired) electrons. The number of hydrogen-bond acceptors (Lipinski definition) is 2. The molecule has 0 fully saturated rings. The van der Waals surface area contributed by atoms with E-state index in [1.165, 1.54) is 5.56 Å². The van der Waals surface area contributed by atoms with Gasteiger partial charge in [-0.05, 0) is 31.5 Å². The summed E-state index contributed by atoms with van der Waals surface area (Å²) >= 11 is 5.84. The minimum Gasteiger partial charge on any atom is -0.376 e. The van der Waals surface area contributed by atoms with Crippen molar-refractivity contribution in [1.29, 1.82) is 0 Å². The topological polar surface area (TPSA) is 21.3 Å². The van der Waals surface area contributed by atoms with Gasteiger partial charge in [0.05, 0.1) is 13.2 Å². The van der Waals surface area contributed by atoms with Gasteiger partial charge in [0.2, 0.25) is 0 Å². The van der Waals surface area contributed by atoms with Gasteiger partial charge in [0.15, 0.2) is 0 Å². The predicted octanol–water partition coefficient (Wildman–Crippen LogP) is 3.41. The maximum absolute atomic E-state index is 5.84. The van der Waals surface area contributed by atoms with E-state index < -0.39 is 0 Å². The van der Waals surface area contributed by atoms with Crippen LogP contribution in [0.2, 0.25) is 5.02 Å². The van der Waals surface area contributed by atoms with Crippen LogP contribution in [-0.4, -0.2) is 18.8 Å². The Balaban J connectivity index is 2.37. The Morgan fingerprint density at radius 3 is 2.59 bits per heavy atom. The largest absolute Gasteiger partial charge is 0.376 e. The smallest absolute Gasteiger partial charge is 0.0647 e. The highest BCUT2D eigenvalue weighted by Crippen LogP contribution is 2.11. The van der Waals surface area contributed by atoms with Gasteiger partial charge in [-0.25, -0.2) is 0 Å². The molecule has 1 aromatic rings. The lowest BCUT2D eigenvalue weighted by Crippen LogP contribution is -2.43. The Hall–Kier alpha value is -0.830. The molecule has 2 nitrogen and oxygen atoms in total. The number of benzene rings is 1. The molecule has 0 amide bonds. The summed E-state index contributed by atoms with van der Waals surface area (Å²) < 4.78 is 5.45. The Morgan fingerprint density at radius 2 is 2.00 bits per heavy atom. The van der Waals surface area contributed by atoms with Crippen molar-refractivity contribution in [2.45, 2.75) is 25.9 Å². The average Bonchev–Trinajstić information content (AvgIpc) is 2.29. The first-order chi connectivity index (χ1) is 8.03. The molecule has 0 unspecified atom stereocenters. The Labute approximate surface area is 109 Å². The summed E-state index contributed by atoms with van der Waals surface area (Å²) in [6.45, 7) is 9.91. The zero-order valence-electron chi connectivity index (χ0n) is 10.5. The SMILES string of the molecule is C=CCOCC(C)(C)NCc1ccc(Cl)cc1. The average molecular weight is 254 g/mol. The van der Waals surface area contributed by atoms with Gasteiger partial charge in [-0.1, -0.05) is 29.8 Å². The van der Waals surface area contributed by atoms with Gasteiger partial charge in [0.1, 0.15) is 0 Å². The molecule has 0 aliphatic carbocycles. The fourth-order valence-electron chi connectivity index (χ4n) is 1.39. The first-order valence-electron chi connectivity index (χ1n) is 5.71. The van der Waals surface area contributed by atoms with E-state index in [-0.39, 0.29) is 5.54 Å². The van der Waals surface area contributed by atoms with Crippen molar-refractivity contribution in [3.63, 3.8) is 0 Å². The molecule has 0 aromatic heterocycles. The van der Waals surface area contributed by atoms with Gasteiger partial charge in [-0.3, -0.25) is 0 Å². The van der Waals surface area contributed by atoms with Crippen LogP contribution in [0.4, 0.5) is 0 Å². The van der Waals surface area contributed by atoms with Gasteiger partial charge in [-0.2, -0.15) is 0 Å². The zero-order valence-corrected chi connectivity index (χ0v) is 11.3. The monoisotopic (exact) mass is 253 g/mol. The Bertz CT molecular complexity index is 346. The van der Waals surface area contributed by atoms with Crippen molar-refractivity contribution < 1.29 is 4.74 Å². The van der Waals surface area contributed by atoms with Crippen molar-refractivity contribution >= 4 is 11.6 Å². The second kappa shape index (κ2) is 6.80. The molecular formula is C14H20ClNO. The van der Waals surface area contributed by atoms with Gasteiger partial charge in [0.25, 0.3) is 0 Å². The number of hydrogen-bond donors (Lipinski definition) is 1. The highest BCUT2D eigenvalue weighted by molar-refractivity contribution is 6.30. The van der Waals surface area contributed by atoms with Crippen molar-refractivity contribution in [2.75, 3.05) is 13.2 Å². The molecule has 0 heterocycles. The van der Waals surface area contributed by atoms with E-state index >= 15 is 0 Å². The molecule has 0 spiro atoms. The van der Waals surface area contributed by atoms with E-state index in [4.69, 9.17) is 16.3 Å². The lowest BCUT2D eigenvalue weighted by Gasteiger charge is -2.26. The summed E-state index contributed by atoms with van der Waals surface area (Å²) in [5, 5.41) is 4.22. The van der Waals surface area contributed by atoms with E-state index in [9.17, 15) is 0 Å². The fourth-order valence-corrected chi connectivity index (χ4v) is 1.52. The summed E-state index contributed by atoms with van der Waals surface area (Å²) in [4.78, 5) is 0. The molecule has 1 aromatic carbocycles. The highest BCUT2D eigenvalue weighted by atomic mass is 35.5. The van der Waals surface area contributed by atoms with Crippen LogP contribution in [0.25, 0.3) is 0 Å². The molecule has 0 saturated carbocycles. The van der Waals surface area contributed by atoms with E-state index in [1.54, 1.807) is 6.08 Å². The van der Waals surface area contributed by atoms with Crippen LogP contribution in [0.1, 0.15) is 19.4 Å². The molecule has 0 saturated heterocycles. The third kappa shape index (κ3) is 5.87. The number of nitrogens with one attached hydrogen (secondary N) is 1. The van der Waals surface area contributed by atoms with Crippen molar-refractivity contribution in [1.82, 2.24) is 5.32 Å². The molecule has 94 valence electrons. The lowest BCUT2D eigenvalue weighted by atomic mass is 10.1. The van der Waals surface area contributed by atoms with Crippen LogP contribution in [0.15, 0.2) is 36.9 Å². The second-order valence-corrected chi connectivity index (χ2v) is 5.10. The Kier molecular flexibility index (Phi) is 5.69. The van der Waals surface area contributed by atoms with E-state index in [1.807, 2.05) is 24.3 Å². The Morgan fingerprint density at radius 1 is 1.35 bits per heavy atom. The molecule has 0 aliphatic rings. The molecule has 0 bridgehead atoms. The number of halogens is 1. The molecule has 1 rings (SSSR count). The molecule has 3 heteroatoms. The third-order valence-electron chi connectivity index (χ3n) is 2.38. The van der Waals surface area contributed by atoms with Crippen LogP contribution >= 0.6 is 11.6 Å². The summed E-state index contributed by atoms with van der Waals surface area (Å²) in [6.07, 6.45) is 1.76. The summed E-state index contributed by atoms with van der Waals surface area (Å²) in [5.74, 6) is 0. The van der Waals surface area contributed by atoms with E-state index in [2.05, 4.69) is 25.7 Å². The van der Waals surface area contributed by atoms with Crippen molar-refractivity contribution in [2.24, 2.45) is 0 Å². The minimum absolute atomic E-state index is 0.0529. The van der Waals surface area contributed by atoms with Gasteiger partial charge in [-0.15, -0.1) is 6.58 Å². The van der Waals surface area contributed by atoms with Crippen LogP contribution < -0.4 is 5.32 Å². The third-order valence-corrected chi connectivity index (χ3v) is 2.63. The van der Waals surface area contributed by atoms with Crippen molar-refractivity contribution in [3.05, 3.63) is 47.5 Å². The minimum atomic E-state index is -0.0529. The van der Waals surface area contributed by atoms with Gasteiger partial charge in [0, 0.05) is 17.1 Å². The van der Waals surface area contributed by atoms with Crippen molar-refractivity contribution in [3.8, 4) is 0 Å². The number of ether oxygens (including phenoxy) is 1. The molecule has 17 heavy (non-hydrogen) atoms. The van der Waals surface area contributed by atoms with E-state index in [0.717, 1.165) is 11.6 Å². The molecule has 0 aliphatic heterocycles. The second-order valence-electron chi connectivity index (χ2n) is 4.67. The summed E-state index contributed by atoms with van der Waals surface area (Å²) in [5.41, 5.74) is 1.16. The summed E-state index contributed by atoms with van der Waals surface area (Å²) in [6, 6.07) is 7.85. The van der Waals surface area contributed by atoms with Gasteiger partial charge >= 0.3 is 0 Å². The predicted molar refractivity (Wildman–Crippen MR) is 73.4 cm³/mol. The molecule has 1 N–H and O–H groups in total. The van der Waals surface area contributed by atoms with Crippen LogP contribution in [-0.2, 0) is 11.3 Å². The summed E-state index contributed by atoms with van der Waals surface area (Å²) in [7, 11) is 0. The van der Waals surface area contributed by atoms with E-state index in [0.29, 0.717) is 13.2 Å². The normalized spacial score (nSPS) is 11.5. The van der Waals surface area contributed by atoms with Crippen LogP contribution in [0, 0.1) is 0 Å². The lowest BCUT2D eigenvalue weighted by molar-refractivity contribution is 0.102. The maximum Gasteiger partial charge on any atom is 0.0647 e. The first kappa shape index (κ1) is 14.2.